The number of carbonyl (C=O) groups excluding carboxylic acids is 1. The van der Waals surface area contributed by atoms with Gasteiger partial charge in [0.05, 0.1) is 6.04 Å². The van der Waals surface area contributed by atoms with Crippen LogP contribution in [0.3, 0.4) is 0 Å². The first-order valence-electron chi connectivity index (χ1n) is 5.87. The Kier molecular flexibility index (Phi) is 5.09. The molecule has 6 nitrogen and oxygen atoms in total. The second kappa shape index (κ2) is 6.34. The van der Waals surface area contributed by atoms with E-state index in [0.717, 1.165) is 12.4 Å². The van der Waals surface area contributed by atoms with Crippen LogP contribution in [0.15, 0.2) is 6.33 Å². The summed E-state index contributed by atoms with van der Waals surface area (Å²) >= 11 is 0. The zero-order chi connectivity index (χ0) is 12.8. The van der Waals surface area contributed by atoms with Gasteiger partial charge in [0, 0.05) is 19.5 Å². The molecule has 96 valence electrons. The molecular formula is C11H21N5O. The van der Waals surface area contributed by atoms with Crippen LogP contribution in [0.4, 0.5) is 0 Å². The minimum atomic E-state index is -0.112. The first kappa shape index (κ1) is 13.6. The highest BCUT2D eigenvalue weighted by Gasteiger charge is 2.14. The van der Waals surface area contributed by atoms with Crippen LogP contribution >= 0.6 is 0 Å². The number of likely N-dealkylation sites (N-methyl/N-ethyl adjacent to an activating group) is 1. The van der Waals surface area contributed by atoms with Crippen LogP contribution in [0.1, 0.15) is 19.7 Å². The lowest BCUT2D eigenvalue weighted by molar-refractivity contribution is -0.124. The zero-order valence-electron chi connectivity index (χ0n) is 11.0. The SMILES string of the molecule is CCn1cnnc1CCNC(=O)[C@H](C)N(C)C. The number of hydrogen-bond acceptors (Lipinski definition) is 4. The second-order valence-corrected chi connectivity index (χ2v) is 4.21. The Morgan fingerprint density at radius 2 is 2.29 bits per heavy atom. The third-order valence-corrected chi connectivity index (χ3v) is 2.84. The van der Waals surface area contributed by atoms with Crippen LogP contribution in [0.25, 0.3) is 0 Å². The van der Waals surface area contributed by atoms with E-state index in [0.29, 0.717) is 13.0 Å². The summed E-state index contributed by atoms with van der Waals surface area (Å²) in [5, 5.41) is 10.8. The van der Waals surface area contributed by atoms with Gasteiger partial charge in [0.1, 0.15) is 12.2 Å². The molecule has 0 aliphatic carbocycles. The topological polar surface area (TPSA) is 63.1 Å². The molecule has 1 aromatic rings. The van der Waals surface area contributed by atoms with Crippen LogP contribution in [-0.2, 0) is 17.8 Å². The predicted molar refractivity (Wildman–Crippen MR) is 65.6 cm³/mol. The molecule has 17 heavy (non-hydrogen) atoms. The van der Waals surface area contributed by atoms with Crippen molar-refractivity contribution in [3.63, 3.8) is 0 Å². The molecule has 0 spiro atoms. The highest BCUT2D eigenvalue weighted by atomic mass is 16.2. The van der Waals surface area contributed by atoms with Crippen molar-refractivity contribution in [3.8, 4) is 0 Å². The average Bonchev–Trinajstić information content (AvgIpc) is 2.75. The van der Waals surface area contributed by atoms with Gasteiger partial charge in [-0.2, -0.15) is 0 Å². The van der Waals surface area contributed by atoms with Crippen LogP contribution in [-0.4, -0.2) is 52.3 Å². The molecular weight excluding hydrogens is 218 g/mol. The molecule has 1 aromatic heterocycles. The van der Waals surface area contributed by atoms with Crippen molar-refractivity contribution < 1.29 is 4.79 Å². The van der Waals surface area contributed by atoms with Crippen LogP contribution < -0.4 is 5.32 Å². The number of nitrogens with one attached hydrogen (secondary N) is 1. The smallest absolute Gasteiger partial charge is 0.237 e. The molecule has 0 aliphatic rings. The zero-order valence-corrected chi connectivity index (χ0v) is 11.0. The summed E-state index contributed by atoms with van der Waals surface area (Å²) in [7, 11) is 3.77. The fourth-order valence-corrected chi connectivity index (χ4v) is 1.42. The van der Waals surface area contributed by atoms with Crippen molar-refractivity contribution in [2.24, 2.45) is 0 Å². The molecule has 0 radical (unpaired) electrons. The van der Waals surface area contributed by atoms with E-state index >= 15 is 0 Å². The molecule has 1 atom stereocenters. The molecule has 0 unspecified atom stereocenters. The maximum Gasteiger partial charge on any atom is 0.237 e. The maximum atomic E-state index is 11.7. The number of carbonyl (C=O) groups is 1. The number of rotatable bonds is 6. The number of nitrogens with zero attached hydrogens (tertiary/aromatic N) is 4. The van der Waals surface area contributed by atoms with Crippen LogP contribution in [0, 0.1) is 0 Å². The molecule has 0 saturated carbocycles. The van der Waals surface area contributed by atoms with E-state index in [4.69, 9.17) is 0 Å². The van der Waals surface area contributed by atoms with E-state index in [1.54, 1.807) is 6.33 Å². The Morgan fingerprint density at radius 1 is 1.59 bits per heavy atom. The van der Waals surface area contributed by atoms with Gasteiger partial charge in [-0.1, -0.05) is 0 Å². The first-order chi connectivity index (χ1) is 8.06. The fraction of sp³-hybridized carbons (Fsp3) is 0.727. The predicted octanol–water partition coefficient (Wildman–Crippen LogP) is -0.0932. The minimum absolute atomic E-state index is 0.0394. The first-order valence-corrected chi connectivity index (χ1v) is 5.87. The van der Waals surface area contributed by atoms with E-state index < -0.39 is 0 Å². The lowest BCUT2D eigenvalue weighted by Crippen LogP contribution is -2.42. The summed E-state index contributed by atoms with van der Waals surface area (Å²) in [4.78, 5) is 13.6. The van der Waals surface area contributed by atoms with Crippen molar-refractivity contribution in [2.45, 2.75) is 32.9 Å². The minimum Gasteiger partial charge on any atom is -0.354 e. The van der Waals surface area contributed by atoms with Crippen molar-refractivity contribution in [2.75, 3.05) is 20.6 Å². The van der Waals surface area contributed by atoms with E-state index in [1.807, 2.05) is 37.4 Å². The van der Waals surface area contributed by atoms with Gasteiger partial charge in [-0.25, -0.2) is 0 Å². The maximum absolute atomic E-state index is 11.7. The van der Waals surface area contributed by atoms with Gasteiger partial charge in [0.25, 0.3) is 0 Å². The summed E-state index contributed by atoms with van der Waals surface area (Å²) in [6.45, 7) is 5.36. The molecule has 0 aliphatic heterocycles. The molecule has 6 heteroatoms. The van der Waals surface area contributed by atoms with E-state index in [1.165, 1.54) is 0 Å². The third kappa shape index (κ3) is 3.81. The highest BCUT2D eigenvalue weighted by Crippen LogP contribution is 1.96. The molecule has 1 heterocycles. The third-order valence-electron chi connectivity index (χ3n) is 2.84. The Morgan fingerprint density at radius 3 is 2.88 bits per heavy atom. The standard InChI is InChI=1S/C11H21N5O/c1-5-16-8-13-14-10(16)6-7-12-11(17)9(2)15(3)4/h8-9H,5-7H2,1-4H3,(H,12,17)/t9-/m0/s1. The molecule has 0 fully saturated rings. The number of aryl methyl sites for hydroxylation is 1. The van der Waals surface area contributed by atoms with Crippen molar-refractivity contribution in [3.05, 3.63) is 12.2 Å². The molecule has 0 bridgehead atoms. The Bertz CT molecular complexity index is 360. The van der Waals surface area contributed by atoms with Crippen molar-refractivity contribution in [1.82, 2.24) is 25.0 Å². The summed E-state index contributed by atoms with van der Waals surface area (Å²) in [6.07, 6.45) is 2.42. The summed E-state index contributed by atoms with van der Waals surface area (Å²) in [5.41, 5.74) is 0. The normalized spacial score (nSPS) is 12.8. The van der Waals surface area contributed by atoms with Crippen LogP contribution in [0.2, 0.25) is 0 Å². The van der Waals surface area contributed by atoms with Crippen LogP contribution in [0.5, 0.6) is 0 Å². The van der Waals surface area contributed by atoms with Gasteiger partial charge >= 0.3 is 0 Å². The lowest BCUT2D eigenvalue weighted by Gasteiger charge is -2.18. The number of aromatic nitrogens is 3. The van der Waals surface area contributed by atoms with Crippen molar-refractivity contribution >= 4 is 5.91 Å². The van der Waals surface area contributed by atoms with E-state index in [2.05, 4.69) is 15.5 Å². The Hall–Kier alpha value is -1.43. The molecule has 1 rings (SSSR count). The van der Waals surface area contributed by atoms with E-state index in [9.17, 15) is 4.79 Å². The van der Waals surface area contributed by atoms with Gasteiger partial charge < -0.3 is 9.88 Å². The quantitative estimate of drug-likeness (QED) is 0.753. The summed E-state index contributed by atoms with van der Waals surface area (Å²) in [5.74, 6) is 0.947. The lowest BCUT2D eigenvalue weighted by atomic mass is 10.3. The average molecular weight is 239 g/mol. The van der Waals surface area contributed by atoms with E-state index in [-0.39, 0.29) is 11.9 Å². The largest absolute Gasteiger partial charge is 0.354 e. The Labute approximate surface area is 102 Å². The van der Waals surface area contributed by atoms with Gasteiger partial charge in [0.15, 0.2) is 0 Å². The van der Waals surface area contributed by atoms with Crippen molar-refractivity contribution in [1.29, 1.82) is 0 Å². The number of amides is 1. The van der Waals surface area contributed by atoms with Gasteiger partial charge in [-0.05, 0) is 27.9 Å². The fourth-order valence-electron chi connectivity index (χ4n) is 1.42. The van der Waals surface area contributed by atoms with Gasteiger partial charge in [-0.15, -0.1) is 10.2 Å². The van der Waals surface area contributed by atoms with Gasteiger partial charge in [-0.3, -0.25) is 9.69 Å². The molecule has 1 N–H and O–H groups in total. The molecule has 1 amide bonds. The summed E-state index contributed by atoms with van der Waals surface area (Å²) in [6, 6.07) is -0.112. The highest BCUT2D eigenvalue weighted by molar-refractivity contribution is 5.81. The van der Waals surface area contributed by atoms with Gasteiger partial charge in [0.2, 0.25) is 5.91 Å². The molecule has 0 aromatic carbocycles. The second-order valence-electron chi connectivity index (χ2n) is 4.21. The number of hydrogen-bond donors (Lipinski definition) is 1. The monoisotopic (exact) mass is 239 g/mol. The molecule has 0 saturated heterocycles. The summed E-state index contributed by atoms with van der Waals surface area (Å²) < 4.78 is 1.97. The Balaban J connectivity index is 2.35.